The zero-order chi connectivity index (χ0) is 16.0. The smallest absolute Gasteiger partial charge is 0.266 e. The third-order valence-corrected chi connectivity index (χ3v) is 3.74. The summed E-state index contributed by atoms with van der Waals surface area (Å²) in [5.41, 5.74) is 4.31. The van der Waals surface area contributed by atoms with E-state index in [1.165, 1.54) is 6.08 Å². The Labute approximate surface area is 129 Å². The van der Waals surface area contributed by atoms with Gasteiger partial charge in [0.1, 0.15) is 0 Å². The SMILES string of the molecule is Cc1ccc(C(=O)NNS(=O)(=O)/C=C/c2ccccc2)cc1. The fourth-order valence-corrected chi connectivity index (χ4v) is 2.30. The molecule has 22 heavy (non-hydrogen) atoms. The third kappa shape index (κ3) is 4.83. The number of sulfonamides is 1. The summed E-state index contributed by atoms with van der Waals surface area (Å²) in [5.74, 6) is -0.517. The fourth-order valence-electron chi connectivity index (χ4n) is 1.66. The lowest BCUT2D eigenvalue weighted by atomic mass is 10.1. The highest BCUT2D eigenvalue weighted by molar-refractivity contribution is 7.92. The Balaban J connectivity index is 1.96. The Kier molecular flexibility index (Phi) is 5.08. The van der Waals surface area contributed by atoms with Gasteiger partial charge in [0, 0.05) is 11.0 Å². The molecule has 0 unspecified atom stereocenters. The molecule has 0 aliphatic rings. The molecular weight excluding hydrogens is 300 g/mol. The van der Waals surface area contributed by atoms with Crippen molar-refractivity contribution in [2.45, 2.75) is 6.92 Å². The second kappa shape index (κ2) is 7.02. The van der Waals surface area contributed by atoms with E-state index in [0.717, 1.165) is 16.5 Å². The molecule has 0 bridgehead atoms. The second-order valence-electron chi connectivity index (χ2n) is 4.68. The van der Waals surface area contributed by atoms with Crippen LogP contribution in [0.3, 0.4) is 0 Å². The predicted octanol–water partition coefficient (Wildman–Crippen LogP) is 2.23. The van der Waals surface area contributed by atoms with E-state index in [0.29, 0.717) is 5.56 Å². The Morgan fingerprint density at radius 1 is 1.00 bits per heavy atom. The number of aryl methyl sites for hydroxylation is 1. The molecule has 5 nitrogen and oxygen atoms in total. The van der Waals surface area contributed by atoms with E-state index in [2.05, 4.69) is 5.43 Å². The number of nitrogens with one attached hydrogen (secondary N) is 2. The first kappa shape index (κ1) is 15.9. The van der Waals surface area contributed by atoms with Crippen LogP contribution in [-0.2, 0) is 10.0 Å². The molecule has 2 aromatic carbocycles. The van der Waals surface area contributed by atoms with Crippen LogP contribution < -0.4 is 10.3 Å². The van der Waals surface area contributed by atoms with E-state index in [1.807, 2.05) is 17.8 Å². The van der Waals surface area contributed by atoms with Crippen molar-refractivity contribution in [2.75, 3.05) is 0 Å². The van der Waals surface area contributed by atoms with Crippen LogP contribution in [0.1, 0.15) is 21.5 Å². The molecule has 0 fully saturated rings. The maximum absolute atomic E-state index is 11.8. The van der Waals surface area contributed by atoms with Crippen LogP contribution >= 0.6 is 0 Å². The van der Waals surface area contributed by atoms with E-state index in [9.17, 15) is 13.2 Å². The first-order chi connectivity index (χ1) is 10.5. The predicted molar refractivity (Wildman–Crippen MR) is 86.2 cm³/mol. The molecule has 0 spiro atoms. The first-order valence-corrected chi connectivity index (χ1v) is 8.13. The van der Waals surface area contributed by atoms with Crippen LogP contribution in [0, 0.1) is 6.92 Å². The standard InChI is InChI=1S/C16H16N2O3S/c1-13-7-9-15(10-8-13)16(19)17-18-22(20,21)12-11-14-5-3-2-4-6-14/h2-12,18H,1H3,(H,17,19)/b12-11+. The van der Waals surface area contributed by atoms with E-state index in [4.69, 9.17) is 0 Å². The van der Waals surface area contributed by atoms with Crippen LogP contribution in [0.15, 0.2) is 60.0 Å². The first-order valence-electron chi connectivity index (χ1n) is 6.58. The zero-order valence-corrected chi connectivity index (χ0v) is 12.8. The number of hydrogen-bond donors (Lipinski definition) is 2. The highest BCUT2D eigenvalue weighted by atomic mass is 32.2. The Bertz CT molecular complexity index is 767. The van der Waals surface area contributed by atoms with Crippen molar-refractivity contribution in [1.82, 2.24) is 10.3 Å². The van der Waals surface area contributed by atoms with Gasteiger partial charge < -0.3 is 0 Å². The Morgan fingerprint density at radius 2 is 1.64 bits per heavy atom. The number of amides is 1. The highest BCUT2D eigenvalue weighted by Gasteiger charge is 2.09. The number of carbonyl (C=O) groups excluding carboxylic acids is 1. The topological polar surface area (TPSA) is 75.3 Å². The lowest BCUT2D eigenvalue weighted by Gasteiger charge is -2.06. The van der Waals surface area contributed by atoms with E-state index >= 15 is 0 Å². The van der Waals surface area contributed by atoms with Crippen molar-refractivity contribution in [3.63, 3.8) is 0 Å². The lowest BCUT2D eigenvalue weighted by Crippen LogP contribution is -2.40. The van der Waals surface area contributed by atoms with Crippen molar-refractivity contribution in [3.05, 3.63) is 76.7 Å². The van der Waals surface area contributed by atoms with Crippen molar-refractivity contribution in [2.24, 2.45) is 0 Å². The van der Waals surface area contributed by atoms with Gasteiger partial charge in [-0.05, 0) is 30.7 Å². The minimum absolute atomic E-state index is 0.375. The van der Waals surface area contributed by atoms with Crippen LogP contribution in [0.4, 0.5) is 0 Å². The number of hydrazine groups is 1. The summed E-state index contributed by atoms with van der Waals surface area (Å²) >= 11 is 0. The molecule has 0 saturated heterocycles. The van der Waals surface area contributed by atoms with Crippen molar-refractivity contribution >= 4 is 22.0 Å². The molecule has 0 aromatic heterocycles. The maximum atomic E-state index is 11.8. The van der Waals surface area contributed by atoms with E-state index in [1.54, 1.807) is 48.5 Å². The summed E-state index contributed by atoms with van der Waals surface area (Å²) in [6.07, 6.45) is 1.44. The molecule has 0 atom stereocenters. The maximum Gasteiger partial charge on any atom is 0.266 e. The van der Waals surface area contributed by atoms with Crippen molar-refractivity contribution in [1.29, 1.82) is 0 Å². The summed E-state index contributed by atoms with van der Waals surface area (Å²) in [5, 5.41) is 0.998. The van der Waals surface area contributed by atoms with Gasteiger partial charge >= 0.3 is 0 Å². The molecule has 0 aliphatic heterocycles. The van der Waals surface area contributed by atoms with Gasteiger partial charge in [0.05, 0.1) is 0 Å². The monoisotopic (exact) mass is 316 g/mol. The molecule has 0 radical (unpaired) electrons. The number of hydrogen-bond acceptors (Lipinski definition) is 3. The van der Waals surface area contributed by atoms with Gasteiger partial charge in [0.15, 0.2) is 0 Å². The average Bonchev–Trinajstić information content (AvgIpc) is 2.53. The lowest BCUT2D eigenvalue weighted by molar-refractivity contribution is 0.0945. The molecule has 1 amide bonds. The fraction of sp³-hybridized carbons (Fsp3) is 0.0625. The van der Waals surface area contributed by atoms with Gasteiger partial charge in [-0.15, -0.1) is 4.83 Å². The second-order valence-corrected chi connectivity index (χ2v) is 6.25. The minimum Gasteiger partial charge on any atom is -0.274 e. The minimum atomic E-state index is -3.75. The third-order valence-electron chi connectivity index (χ3n) is 2.86. The van der Waals surface area contributed by atoms with Crippen LogP contribution in [0.25, 0.3) is 6.08 Å². The molecule has 0 saturated carbocycles. The number of benzene rings is 2. The van der Waals surface area contributed by atoms with Crippen molar-refractivity contribution < 1.29 is 13.2 Å². The van der Waals surface area contributed by atoms with Gasteiger partial charge in [-0.25, -0.2) is 8.42 Å². The Hall–Kier alpha value is -2.44. The Morgan fingerprint density at radius 3 is 2.27 bits per heavy atom. The van der Waals surface area contributed by atoms with Gasteiger partial charge in [-0.2, -0.15) is 0 Å². The molecule has 6 heteroatoms. The van der Waals surface area contributed by atoms with Gasteiger partial charge in [0.2, 0.25) is 0 Å². The van der Waals surface area contributed by atoms with E-state index in [-0.39, 0.29) is 0 Å². The summed E-state index contributed by atoms with van der Waals surface area (Å²) < 4.78 is 23.6. The highest BCUT2D eigenvalue weighted by Crippen LogP contribution is 2.04. The van der Waals surface area contributed by atoms with Gasteiger partial charge in [-0.1, -0.05) is 48.0 Å². The average molecular weight is 316 g/mol. The molecule has 114 valence electrons. The normalized spacial score (nSPS) is 11.5. The summed E-state index contributed by atoms with van der Waals surface area (Å²) in [4.78, 5) is 13.8. The summed E-state index contributed by atoms with van der Waals surface area (Å²) in [6, 6.07) is 15.8. The molecular formula is C16H16N2O3S. The largest absolute Gasteiger partial charge is 0.274 e. The van der Waals surface area contributed by atoms with E-state index < -0.39 is 15.9 Å². The zero-order valence-electron chi connectivity index (χ0n) is 12.0. The van der Waals surface area contributed by atoms with Gasteiger partial charge in [0.25, 0.3) is 15.9 Å². The molecule has 2 rings (SSSR count). The summed E-state index contributed by atoms with van der Waals surface area (Å²) in [6.45, 7) is 1.90. The number of rotatable bonds is 5. The molecule has 2 N–H and O–H groups in total. The molecule has 0 aliphatic carbocycles. The molecule has 2 aromatic rings. The summed E-state index contributed by atoms with van der Waals surface area (Å²) in [7, 11) is -3.75. The van der Waals surface area contributed by atoms with Gasteiger partial charge in [-0.3, -0.25) is 10.2 Å². The molecule has 0 heterocycles. The number of carbonyl (C=O) groups is 1. The van der Waals surface area contributed by atoms with Crippen LogP contribution in [0.5, 0.6) is 0 Å². The quantitative estimate of drug-likeness (QED) is 0.831. The van der Waals surface area contributed by atoms with Crippen molar-refractivity contribution in [3.8, 4) is 0 Å². The van der Waals surface area contributed by atoms with Crippen LogP contribution in [0.2, 0.25) is 0 Å². The van der Waals surface area contributed by atoms with Crippen LogP contribution in [-0.4, -0.2) is 14.3 Å².